The molecule has 0 heterocycles. The van der Waals surface area contributed by atoms with Crippen LogP contribution in [-0.4, -0.2) is 13.2 Å². The van der Waals surface area contributed by atoms with Crippen LogP contribution in [0.2, 0.25) is 0 Å². The highest BCUT2D eigenvalue weighted by Gasteiger charge is 2.10. The van der Waals surface area contributed by atoms with Gasteiger partial charge < -0.3 is 0 Å². The number of hydrogen-bond donors (Lipinski definition) is 0. The Bertz CT molecular complexity index is 481. The summed E-state index contributed by atoms with van der Waals surface area (Å²) in [5, 5.41) is 0. The van der Waals surface area contributed by atoms with Crippen molar-refractivity contribution in [2.75, 3.05) is 7.11 Å². The molecule has 2 rings (SSSR count). The molecule has 2 aromatic rings. The van der Waals surface area contributed by atoms with E-state index in [4.69, 9.17) is 9.78 Å². The maximum Gasteiger partial charge on any atom is 0.0933 e. The lowest BCUT2D eigenvalue weighted by atomic mass is 10.0. The zero-order chi connectivity index (χ0) is 14.8. The van der Waals surface area contributed by atoms with Crippen molar-refractivity contribution in [1.29, 1.82) is 0 Å². The first-order valence-electron chi connectivity index (χ1n) is 7.66. The number of benzene rings is 2. The van der Waals surface area contributed by atoms with Gasteiger partial charge in [-0.2, -0.15) is 0 Å². The van der Waals surface area contributed by atoms with Crippen LogP contribution in [0.4, 0.5) is 0 Å². The van der Waals surface area contributed by atoms with E-state index in [0.717, 1.165) is 32.1 Å². The summed E-state index contributed by atoms with van der Waals surface area (Å²) in [4.78, 5) is 10.3. The van der Waals surface area contributed by atoms with E-state index in [2.05, 4.69) is 54.6 Å². The summed E-state index contributed by atoms with van der Waals surface area (Å²) in [6.45, 7) is 0. The monoisotopic (exact) mass is 284 g/mol. The van der Waals surface area contributed by atoms with Crippen LogP contribution in [0, 0.1) is 0 Å². The molecule has 2 heteroatoms. The van der Waals surface area contributed by atoms with Crippen LogP contribution in [0.5, 0.6) is 0 Å². The molecule has 2 nitrogen and oxygen atoms in total. The highest BCUT2D eigenvalue weighted by Crippen LogP contribution is 2.14. The first kappa shape index (κ1) is 15.7. The minimum absolute atomic E-state index is 0.166. The normalized spacial score (nSPS) is 12.2. The summed E-state index contributed by atoms with van der Waals surface area (Å²) in [5.41, 5.74) is 2.74. The second-order valence-corrected chi connectivity index (χ2v) is 5.29. The molecule has 1 atom stereocenters. The molecule has 0 radical (unpaired) electrons. The number of aryl methyl sites for hydroxylation is 2. The summed E-state index contributed by atoms with van der Waals surface area (Å²) in [5.74, 6) is 0. The minimum Gasteiger partial charge on any atom is -0.240 e. The zero-order valence-electron chi connectivity index (χ0n) is 12.7. The molecule has 0 aliphatic heterocycles. The lowest BCUT2D eigenvalue weighted by Gasteiger charge is -2.15. The fourth-order valence-electron chi connectivity index (χ4n) is 2.53. The van der Waals surface area contributed by atoms with Crippen LogP contribution < -0.4 is 0 Å². The second kappa shape index (κ2) is 9.32. The van der Waals surface area contributed by atoms with Gasteiger partial charge in [0.2, 0.25) is 0 Å². The average Bonchev–Trinajstić information content (AvgIpc) is 2.54. The molecule has 0 aromatic heterocycles. The number of rotatable bonds is 9. The van der Waals surface area contributed by atoms with Gasteiger partial charge in [-0.15, -0.1) is 0 Å². The van der Waals surface area contributed by atoms with Gasteiger partial charge in [0.1, 0.15) is 0 Å². The average molecular weight is 284 g/mol. The van der Waals surface area contributed by atoms with Crippen LogP contribution in [0.1, 0.15) is 30.4 Å². The van der Waals surface area contributed by atoms with Crippen molar-refractivity contribution in [3.63, 3.8) is 0 Å². The largest absolute Gasteiger partial charge is 0.240 e. The van der Waals surface area contributed by atoms with Gasteiger partial charge in [-0.25, -0.2) is 9.78 Å². The predicted octanol–water partition coefficient (Wildman–Crippen LogP) is 4.59. The summed E-state index contributed by atoms with van der Waals surface area (Å²) in [7, 11) is 1.59. The van der Waals surface area contributed by atoms with Crippen molar-refractivity contribution in [1.82, 2.24) is 0 Å². The van der Waals surface area contributed by atoms with Crippen molar-refractivity contribution in [3.05, 3.63) is 71.8 Å². The second-order valence-electron chi connectivity index (χ2n) is 5.29. The third-order valence-corrected chi connectivity index (χ3v) is 3.66. The molecule has 0 aliphatic rings. The molecule has 112 valence electrons. The first-order valence-corrected chi connectivity index (χ1v) is 7.66. The predicted molar refractivity (Wildman–Crippen MR) is 86.0 cm³/mol. The molecular formula is C19H24O2. The lowest BCUT2D eigenvalue weighted by molar-refractivity contribution is -0.306. The quantitative estimate of drug-likeness (QED) is 0.495. The molecule has 2 aromatic carbocycles. The van der Waals surface area contributed by atoms with E-state index < -0.39 is 0 Å². The summed E-state index contributed by atoms with van der Waals surface area (Å²) < 4.78 is 0. The Labute approximate surface area is 127 Å². The van der Waals surface area contributed by atoms with E-state index >= 15 is 0 Å². The molecule has 0 fully saturated rings. The molecule has 0 spiro atoms. The fraction of sp³-hybridized carbons (Fsp3) is 0.368. The van der Waals surface area contributed by atoms with Gasteiger partial charge >= 0.3 is 0 Å². The summed E-state index contributed by atoms with van der Waals surface area (Å²) >= 11 is 0. The zero-order valence-corrected chi connectivity index (χ0v) is 12.7. The van der Waals surface area contributed by atoms with E-state index in [1.54, 1.807) is 7.11 Å². The Hall–Kier alpha value is -1.64. The fourth-order valence-corrected chi connectivity index (χ4v) is 2.53. The Morgan fingerprint density at radius 1 is 0.762 bits per heavy atom. The van der Waals surface area contributed by atoms with Gasteiger partial charge in [-0.05, 0) is 43.2 Å². The molecule has 0 aliphatic carbocycles. The van der Waals surface area contributed by atoms with Crippen LogP contribution in [0.25, 0.3) is 0 Å². The van der Waals surface area contributed by atoms with Crippen LogP contribution in [0.3, 0.4) is 0 Å². The minimum atomic E-state index is 0.166. The van der Waals surface area contributed by atoms with Crippen molar-refractivity contribution >= 4 is 0 Å². The van der Waals surface area contributed by atoms with Gasteiger partial charge in [0.15, 0.2) is 0 Å². The summed E-state index contributed by atoms with van der Waals surface area (Å²) in [6.07, 6.45) is 5.42. The highest BCUT2D eigenvalue weighted by molar-refractivity contribution is 5.15. The van der Waals surface area contributed by atoms with E-state index in [0.29, 0.717) is 0 Å². The van der Waals surface area contributed by atoms with Gasteiger partial charge in [-0.1, -0.05) is 60.7 Å². The number of hydrogen-bond acceptors (Lipinski definition) is 2. The lowest BCUT2D eigenvalue weighted by Crippen LogP contribution is -2.14. The van der Waals surface area contributed by atoms with E-state index in [9.17, 15) is 0 Å². The van der Waals surface area contributed by atoms with Crippen molar-refractivity contribution < 1.29 is 9.78 Å². The molecule has 0 saturated carbocycles. The van der Waals surface area contributed by atoms with E-state index in [-0.39, 0.29) is 6.10 Å². The van der Waals surface area contributed by atoms with Gasteiger partial charge in [0.05, 0.1) is 13.2 Å². The van der Waals surface area contributed by atoms with Crippen LogP contribution >= 0.6 is 0 Å². The first-order chi connectivity index (χ1) is 10.4. The maximum absolute atomic E-state index is 5.40. The van der Waals surface area contributed by atoms with Crippen LogP contribution in [-0.2, 0) is 22.6 Å². The van der Waals surface area contributed by atoms with Crippen molar-refractivity contribution in [2.24, 2.45) is 0 Å². The summed E-state index contributed by atoms with van der Waals surface area (Å²) in [6, 6.07) is 21.1. The molecular weight excluding hydrogens is 260 g/mol. The van der Waals surface area contributed by atoms with Crippen molar-refractivity contribution in [2.45, 2.75) is 38.2 Å². The molecule has 0 bridgehead atoms. The molecule has 0 saturated heterocycles. The van der Waals surface area contributed by atoms with Crippen molar-refractivity contribution in [3.8, 4) is 0 Å². The SMILES string of the molecule is COOC(CCCc1ccccc1)CCc1ccccc1. The Balaban J connectivity index is 1.73. The Morgan fingerprint density at radius 2 is 1.33 bits per heavy atom. The smallest absolute Gasteiger partial charge is 0.0933 e. The Morgan fingerprint density at radius 3 is 1.90 bits per heavy atom. The van der Waals surface area contributed by atoms with E-state index in [1.807, 2.05) is 6.07 Å². The molecule has 1 unspecified atom stereocenters. The van der Waals surface area contributed by atoms with Gasteiger partial charge in [-0.3, -0.25) is 0 Å². The Kier molecular flexibility index (Phi) is 6.99. The van der Waals surface area contributed by atoms with Crippen LogP contribution in [0.15, 0.2) is 60.7 Å². The van der Waals surface area contributed by atoms with Gasteiger partial charge in [0.25, 0.3) is 0 Å². The van der Waals surface area contributed by atoms with E-state index in [1.165, 1.54) is 11.1 Å². The highest BCUT2D eigenvalue weighted by atomic mass is 17.2. The molecule has 0 amide bonds. The molecule has 21 heavy (non-hydrogen) atoms. The molecule has 0 N–H and O–H groups in total. The standard InChI is InChI=1S/C19H24O2/c1-20-21-19(16-15-18-11-6-3-7-12-18)14-8-13-17-9-4-2-5-10-17/h2-7,9-12,19H,8,13-16H2,1H3. The maximum atomic E-state index is 5.40. The third kappa shape index (κ3) is 6.11. The third-order valence-electron chi connectivity index (χ3n) is 3.66. The van der Waals surface area contributed by atoms with Gasteiger partial charge in [0, 0.05) is 0 Å². The topological polar surface area (TPSA) is 18.5 Å².